The Bertz CT molecular complexity index is 1190. The summed E-state index contributed by atoms with van der Waals surface area (Å²) in [6, 6.07) is 15.0. The molecule has 1 aliphatic carbocycles. The highest BCUT2D eigenvalue weighted by molar-refractivity contribution is 7.99. The fourth-order valence-electron chi connectivity index (χ4n) is 3.88. The Kier molecular flexibility index (Phi) is 5.11. The standard InChI is InChI=1S/C24H21N3O3S/c1-27-21-11-16-8-5-9-17(16)12-22(21)31-14-20(24(27)29)25-23(28)19-13-18(30-26-19)10-15-6-3-2-4-7-15/h2-8,11-13,20H,9-10,14H2,1H3,(H,25,28)/t20-/m0/s1. The summed E-state index contributed by atoms with van der Waals surface area (Å²) in [4.78, 5) is 28.5. The molecule has 2 amide bonds. The Morgan fingerprint density at radius 1 is 1.26 bits per heavy atom. The van der Waals surface area contributed by atoms with Crippen LogP contribution in [0.15, 0.2) is 64.0 Å². The van der Waals surface area contributed by atoms with E-state index in [0.29, 0.717) is 17.9 Å². The van der Waals surface area contributed by atoms with Gasteiger partial charge in [-0.15, -0.1) is 11.8 Å². The quantitative estimate of drug-likeness (QED) is 0.682. The van der Waals surface area contributed by atoms with Crippen LogP contribution in [0.5, 0.6) is 0 Å². The van der Waals surface area contributed by atoms with Gasteiger partial charge < -0.3 is 14.7 Å². The smallest absolute Gasteiger partial charge is 0.274 e. The first-order valence-electron chi connectivity index (χ1n) is 10.1. The summed E-state index contributed by atoms with van der Waals surface area (Å²) >= 11 is 1.59. The number of hydrogen-bond acceptors (Lipinski definition) is 5. The molecule has 0 saturated carbocycles. The highest BCUT2D eigenvalue weighted by Crippen LogP contribution is 2.38. The number of carbonyl (C=O) groups is 2. The molecule has 0 bridgehead atoms. The van der Waals surface area contributed by atoms with Gasteiger partial charge in [0.1, 0.15) is 11.8 Å². The van der Waals surface area contributed by atoms with Gasteiger partial charge in [0.05, 0.1) is 5.69 Å². The highest BCUT2D eigenvalue weighted by Gasteiger charge is 2.31. The van der Waals surface area contributed by atoms with Crippen molar-refractivity contribution in [2.24, 2.45) is 0 Å². The van der Waals surface area contributed by atoms with E-state index in [9.17, 15) is 9.59 Å². The third-order valence-electron chi connectivity index (χ3n) is 5.57. The van der Waals surface area contributed by atoms with Crippen LogP contribution in [0.25, 0.3) is 6.08 Å². The number of rotatable bonds is 4. The highest BCUT2D eigenvalue weighted by atomic mass is 32.2. The van der Waals surface area contributed by atoms with Crippen LogP contribution < -0.4 is 10.2 Å². The average Bonchev–Trinajstić information content (AvgIpc) is 3.42. The third-order valence-corrected chi connectivity index (χ3v) is 6.71. The number of nitrogens with one attached hydrogen (secondary N) is 1. The van der Waals surface area contributed by atoms with E-state index in [1.165, 1.54) is 5.56 Å². The topological polar surface area (TPSA) is 75.4 Å². The molecule has 2 aliphatic rings. The maximum atomic E-state index is 13.1. The van der Waals surface area contributed by atoms with Crippen molar-refractivity contribution < 1.29 is 14.1 Å². The van der Waals surface area contributed by atoms with E-state index >= 15 is 0 Å². The lowest BCUT2D eigenvalue weighted by atomic mass is 10.1. The average molecular weight is 432 g/mol. The Morgan fingerprint density at radius 2 is 2.10 bits per heavy atom. The number of carbonyl (C=O) groups excluding carboxylic acids is 2. The summed E-state index contributed by atoms with van der Waals surface area (Å²) in [6.07, 6.45) is 5.68. The fourth-order valence-corrected chi connectivity index (χ4v) is 5.02. The summed E-state index contributed by atoms with van der Waals surface area (Å²) in [6.45, 7) is 0. The molecule has 7 heteroatoms. The molecule has 6 nitrogen and oxygen atoms in total. The minimum Gasteiger partial charge on any atom is -0.360 e. The van der Waals surface area contributed by atoms with Crippen LogP contribution in [0.2, 0.25) is 0 Å². The number of fused-ring (bicyclic) bond motifs is 2. The van der Waals surface area contributed by atoms with Gasteiger partial charge in [0, 0.05) is 30.2 Å². The number of amides is 2. The summed E-state index contributed by atoms with van der Waals surface area (Å²) in [5, 5.41) is 6.74. The molecule has 1 aromatic heterocycles. The molecule has 31 heavy (non-hydrogen) atoms. The van der Waals surface area contributed by atoms with E-state index in [-0.39, 0.29) is 11.6 Å². The molecule has 0 saturated heterocycles. The second kappa shape index (κ2) is 8.07. The molecular weight excluding hydrogens is 410 g/mol. The van der Waals surface area contributed by atoms with Gasteiger partial charge in [-0.25, -0.2) is 0 Å². The molecular formula is C24H21N3O3S. The summed E-state index contributed by atoms with van der Waals surface area (Å²) in [7, 11) is 1.76. The Labute approximate surface area is 184 Å². The van der Waals surface area contributed by atoms with Crippen LogP contribution in [0.1, 0.15) is 32.9 Å². The lowest BCUT2D eigenvalue weighted by molar-refractivity contribution is -0.119. The van der Waals surface area contributed by atoms with E-state index in [0.717, 1.165) is 28.1 Å². The lowest BCUT2D eigenvalue weighted by Crippen LogP contribution is -2.48. The molecule has 2 heterocycles. The largest absolute Gasteiger partial charge is 0.360 e. The Balaban J connectivity index is 1.30. The van der Waals surface area contributed by atoms with Gasteiger partial charge in [-0.3, -0.25) is 9.59 Å². The van der Waals surface area contributed by atoms with Gasteiger partial charge >= 0.3 is 0 Å². The van der Waals surface area contributed by atoms with Gasteiger partial charge in [-0.1, -0.05) is 47.6 Å². The second-order valence-corrected chi connectivity index (χ2v) is 8.76. The van der Waals surface area contributed by atoms with Gasteiger partial charge in [0.15, 0.2) is 5.69 Å². The third kappa shape index (κ3) is 3.88. The molecule has 1 aliphatic heterocycles. The number of hydrogen-bond donors (Lipinski definition) is 1. The lowest BCUT2D eigenvalue weighted by Gasteiger charge is -2.21. The van der Waals surface area contributed by atoms with Crippen molar-refractivity contribution in [2.75, 3.05) is 17.7 Å². The van der Waals surface area contributed by atoms with Crippen molar-refractivity contribution in [3.8, 4) is 0 Å². The molecule has 1 N–H and O–H groups in total. The normalized spacial score (nSPS) is 17.3. The van der Waals surface area contributed by atoms with Crippen molar-refractivity contribution in [3.05, 3.63) is 82.8 Å². The summed E-state index contributed by atoms with van der Waals surface area (Å²) in [5.41, 5.74) is 4.54. The van der Waals surface area contributed by atoms with E-state index in [4.69, 9.17) is 4.52 Å². The van der Waals surface area contributed by atoms with Gasteiger partial charge in [0.25, 0.3) is 5.91 Å². The maximum Gasteiger partial charge on any atom is 0.274 e. The van der Waals surface area contributed by atoms with Gasteiger partial charge in [-0.05, 0) is 35.2 Å². The number of nitrogens with zero attached hydrogens (tertiary/aromatic N) is 2. The minimum atomic E-state index is -0.644. The van der Waals surface area contributed by atoms with E-state index in [2.05, 4.69) is 34.8 Å². The second-order valence-electron chi connectivity index (χ2n) is 7.70. The first-order chi connectivity index (χ1) is 15.1. The molecule has 0 spiro atoms. The molecule has 156 valence electrons. The van der Waals surface area contributed by atoms with Crippen molar-refractivity contribution in [1.29, 1.82) is 0 Å². The van der Waals surface area contributed by atoms with Gasteiger partial charge in [0.2, 0.25) is 5.91 Å². The summed E-state index contributed by atoms with van der Waals surface area (Å²) < 4.78 is 5.33. The minimum absolute atomic E-state index is 0.144. The Morgan fingerprint density at radius 3 is 2.94 bits per heavy atom. The van der Waals surface area contributed by atoms with E-state index < -0.39 is 11.9 Å². The number of aromatic nitrogens is 1. The predicted molar refractivity (Wildman–Crippen MR) is 120 cm³/mol. The first-order valence-corrected chi connectivity index (χ1v) is 11.1. The molecule has 3 aromatic rings. The van der Waals surface area contributed by atoms with Crippen LogP contribution in [0.3, 0.4) is 0 Å². The molecule has 0 radical (unpaired) electrons. The van der Waals surface area contributed by atoms with Crippen molar-refractivity contribution in [2.45, 2.75) is 23.8 Å². The molecule has 0 unspecified atom stereocenters. The zero-order valence-corrected chi connectivity index (χ0v) is 17.8. The number of thioether (sulfide) groups is 1. The maximum absolute atomic E-state index is 13.1. The van der Waals surface area contributed by atoms with Crippen LogP contribution in [0.4, 0.5) is 5.69 Å². The number of benzene rings is 2. The summed E-state index contributed by atoms with van der Waals surface area (Å²) in [5.74, 6) is 0.509. The number of anilines is 1. The zero-order valence-electron chi connectivity index (χ0n) is 17.0. The molecule has 2 aromatic carbocycles. The van der Waals surface area contributed by atoms with E-state index in [1.54, 1.807) is 29.8 Å². The SMILES string of the molecule is CN1C(=O)[C@@H](NC(=O)c2cc(Cc3ccccc3)on2)CSc2cc3c(cc21)C=CC3. The van der Waals surface area contributed by atoms with Crippen molar-refractivity contribution in [1.82, 2.24) is 10.5 Å². The Hall–Kier alpha value is -3.32. The monoisotopic (exact) mass is 431 g/mol. The first kappa shape index (κ1) is 19.6. The van der Waals surface area contributed by atoms with Gasteiger partial charge in [-0.2, -0.15) is 0 Å². The van der Waals surface area contributed by atoms with Crippen molar-refractivity contribution in [3.63, 3.8) is 0 Å². The van der Waals surface area contributed by atoms with Crippen LogP contribution in [-0.4, -0.2) is 35.8 Å². The van der Waals surface area contributed by atoms with Crippen LogP contribution >= 0.6 is 11.8 Å². The van der Waals surface area contributed by atoms with Crippen molar-refractivity contribution >= 4 is 35.3 Å². The fraction of sp³-hybridized carbons (Fsp3) is 0.208. The predicted octanol–water partition coefficient (Wildman–Crippen LogP) is 3.70. The van der Waals surface area contributed by atoms with Crippen LogP contribution in [-0.2, 0) is 17.6 Å². The molecule has 0 fully saturated rings. The van der Waals surface area contributed by atoms with Crippen LogP contribution in [0, 0.1) is 0 Å². The number of allylic oxidation sites excluding steroid dienone is 1. The molecule has 5 rings (SSSR count). The zero-order chi connectivity index (χ0) is 21.4. The number of likely N-dealkylation sites (N-methyl/N-ethyl adjacent to an activating group) is 1. The molecule has 1 atom stereocenters. The van der Waals surface area contributed by atoms with E-state index in [1.807, 2.05) is 30.3 Å².